The van der Waals surface area contributed by atoms with Crippen molar-refractivity contribution in [2.45, 2.75) is 63.3 Å². The Morgan fingerprint density at radius 3 is 2.81 bits per heavy atom. The number of likely N-dealkylation sites (tertiary alicyclic amines) is 1. The summed E-state index contributed by atoms with van der Waals surface area (Å²) in [6.07, 6.45) is 6.82. The van der Waals surface area contributed by atoms with E-state index in [1.807, 2.05) is 12.2 Å². The van der Waals surface area contributed by atoms with Gasteiger partial charge in [-0.25, -0.2) is 0 Å². The molecule has 0 radical (unpaired) electrons. The summed E-state index contributed by atoms with van der Waals surface area (Å²) < 4.78 is 11.6. The topological polar surface area (TPSA) is 97.0 Å². The second-order valence-electron chi connectivity index (χ2n) is 11.0. The lowest BCUT2D eigenvalue weighted by Gasteiger charge is -2.38. The number of anilines is 1. The van der Waals surface area contributed by atoms with Crippen LogP contribution in [-0.2, 0) is 23.9 Å². The molecule has 5 rings (SSSR count). The second kappa shape index (κ2) is 10.4. The quantitative estimate of drug-likeness (QED) is 0.397. The second-order valence-corrected chi connectivity index (χ2v) is 11.4. The highest BCUT2D eigenvalue weighted by Crippen LogP contribution is 2.55. The van der Waals surface area contributed by atoms with Gasteiger partial charge in [0.1, 0.15) is 11.6 Å². The molecule has 4 aliphatic rings. The molecule has 37 heavy (non-hydrogen) atoms. The van der Waals surface area contributed by atoms with Crippen LogP contribution >= 0.6 is 11.6 Å². The number of methoxy groups -OCH3 is 1. The molecular formula is C28H36ClN3O5. The summed E-state index contributed by atoms with van der Waals surface area (Å²) in [5, 5.41) is 6.67. The summed E-state index contributed by atoms with van der Waals surface area (Å²) in [7, 11) is 1.61. The Hall–Kier alpha value is -2.42. The van der Waals surface area contributed by atoms with Crippen molar-refractivity contribution in [2.24, 2.45) is 23.7 Å². The van der Waals surface area contributed by atoms with E-state index in [4.69, 9.17) is 21.1 Å². The van der Waals surface area contributed by atoms with Crippen LogP contribution in [0.3, 0.4) is 0 Å². The van der Waals surface area contributed by atoms with E-state index in [1.54, 1.807) is 36.3 Å². The van der Waals surface area contributed by atoms with Crippen LogP contribution in [-0.4, -0.2) is 66.7 Å². The number of ether oxygens (including phenoxy) is 2. The first-order valence-electron chi connectivity index (χ1n) is 13.3. The van der Waals surface area contributed by atoms with Crippen molar-refractivity contribution in [1.29, 1.82) is 0 Å². The van der Waals surface area contributed by atoms with Crippen LogP contribution in [0.1, 0.15) is 39.5 Å². The van der Waals surface area contributed by atoms with Crippen LogP contribution < -0.4 is 10.6 Å². The van der Waals surface area contributed by atoms with Gasteiger partial charge in [0, 0.05) is 37.0 Å². The zero-order valence-electron chi connectivity index (χ0n) is 21.6. The van der Waals surface area contributed by atoms with Crippen LogP contribution in [0.15, 0.2) is 36.4 Å². The van der Waals surface area contributed by atoms with E-state index in [2.05, 4.69) is 24.5 Å². The Bertz CT molecular complexity index is 1100. The summed E-state index contributed by atoms with van der Waals surface area (Å²) in [6.45, 7) is 5.22. The van der Waals surface area contributed by atoms with Crippen molar-refractivity contribution in [2.75, 3.05) is 25.6 Å². The molecule has 2 saturated heterocycles. The van der Waals surface area contributed by atoms with E-state index in [0.29, 0.717) is 42.1 Å². The van der Waals surface area contributed by atoms with Crippen LogP contribution in [0.2, 0.25) is 5.02 Å². The predicted molar refractivity (Wildman–Crippen MR) is 140 cm³/mol. The third-order valence-electron chi connectivity index (χ3n) is 8.80. The summed E-state index contributed by atoms with van der Waals surface area (Å²) in [4.78, 5) is 42.9. The number of amides is 3. The molecule has 1 spiro atoms. The Kier molecular flexibility index (Phi) is 7.35. The number of nitrogens with zero attached hydrogens (tertiary/aromatic N) is 1. The van der Waals surface area contributed by atoms with Crippen LogP contribution in [0.4, 0.5) is 5.69 Å². The summed E-state index contributed by atoms with van der Waals surface area (Å²) in [5.74, 6) is -1.40. The number of nitrogens with one attached hydrogen (secondary N) is 2. The molecule has 200 valence electrons. The van der Waals surface area contributed by atoms with Crippen LogP contribution in [0.5, 0.6) is 0 Å². The Labute approximate surface area is 223 Å². The fraction of sp³-hybridized carbons (Fsp3) is 0.607. The molecule has 9 heteroatoms. The number of hydrogen-bond acceptors (Lipinski definition) is 5. The smallest absolute Gasteiger partial charge is 0.246 e. The fourth-order valence-corrected chi connectivity index (χ4v) is 6.92. The van der Waals surface area contributed by atoms with Crippen molar-refractivity contribution in [3.63, 3.8) is 0 Å². The molecule has 1 aromatic rings. The molecule has 0 aromatic heterocycles. The summed E-state index contributed by atoms with van der Waals surface area (Å²) in [6, 6.07) is 6.10. The third-order valence-corrected chi connectivity index (χ3v) is 9.03. The number of benzene rings is 1. The first kappa shape index (κ1) is 26.2. The number of halogens is 1. The lowest BCUT2D eigenvalue weighted by Crippen LogP contribution is -2.58. The van der Waals surface area contributed by atoms with E-state index in [1.165, 1.54) is 0 Å². The average Bonchev–Trinajstić information content (AvgIpc) is 3.50. The highest BCUT2D eigenvalue weighted by Gasteiger charge is 2.72. The minimum Gasteiger partial charge on any atom is -0.385 e. The molecule has 3 heterocycles. The number of hydrogen-bond donors (Lipinski definition) is 2. The maximum Gasteiger partial charge on any atom is 0.246 e. The average molecular weight is 530 g/mol. The minimum absolute atomic E-state index is 0.0483. The third kappa shape index (κ3) is 4.57. The highest BCUT2D eigenvalue weighted by atomic mass is 35.5. The fourth-order valence-electron chi connectivity index (χ4n) is 6.73. The van der Waals surface area contributed by atoms with Crippen molar-refractivity contribution in [3.8, 4) is 0 Å². The van der Waals surface area contributed by atoms with Crippen molar-refractivity contribution >= 4 is 35.0 Å². The summed E-state index contributed by atoms with van der Waals surface area (Å²) >= 11 is 6.09. The first-order valence-corrected chi connectivity index (χ1v) is 13.7. The first-order chi connectivity index (χ1) is 17.8. The van der Waals surface area contributed by atoms with Gasteiger partial charge in [0.2, 0.25) is 17.7 Å². The Morgan fingerprint density at radius 1 is 1.24 bits per heavy atom. The molecule has 2 N–H and O–H groups in total. The largest absolute Gasteiger partial charge is 0.385 e. The molecule has 1 saturated carbocycles. The van der Waals surface area contributed by atoms with Gasteiger partial charge >= 0.3 is 0 Å². The number of fused-ring (bicyclic) bond motifs is 1. The number of rotatable bonds is 8. The zero-order valence-corrected chi connectivity index (χ0v) is 22.4. The van der Waals surface area contributed by atoms with Gasteiger partial charge in [0.25, 0.3) is 0 Å². The van der Waals surface area contributed by atoms with E-state index < -0.39 is 29.6 Å². The Balaban J connectivity index is 1.42. The van der Waals surface area contributed by atoms with E-state index in [9.17, 15) is 14.4 Å². The standard InChI is InChI=1S/C28H36ClN3O5/c1-16-7-4-10-20(17(16)2)31-26(34)24-28-12-11-21(37-28)22(23(28)27(35)32(24)13-6-14-36-3)25(33)30-19-9-5-8-18(29)15-19/h5,8-9,11-12,15-17,20-24H,4,6-7,10,13-14H2,1-3H3,(H,30,33)(H,31,34). The van der Waals surface area contributed by atoms with Crippen molar-refractivity contribution in [3.05, 3.63) is 41.4 Å². The molecule has 3 aliphatic heterocycles. The molecular weight excluding hydrogens is 494 g/mol. The SMILES string of the molecule is COCCCN1C(=O)C2C(C(=O)Nc3cccc(Cl)c3)C3C=CC2(O3)C1C(=O)NC1CCCC(C)C1C. The maximum atomic E-state index is 13.9. The lowest BCUT2D eigenvalue weighted by molar-refractivity contribution is -0.141. The van der Waals surface area contributed by atoms with Gasteiger partial charge in [-0.05, 0) is 42.9 Å². The minimum atomic E-state index is -1.17. The molecule has 8 nitrogen and oxygen atoms in total. The zero-order chi connectivity index (χ0) is 26.3. The van der Waals surface area contributed by atoms with Gasteiger partial charge < -0.3 is 25.0 Å². The van der Waals surface area contributed by atoms with E-state index in [-0.39, 0.29) is 23.8 Å². The molecule has 3 fully saturated rings. The van der Waals surface area contributed by atoms with E-state index >= 15 is 0 Å². The molecule has 1 aliphatic carbocycles. The van der Waals surface area contributed by atoms with Gasteiger partial charge in [0.05, 0.1) is 17.9 Å². The van der Waals surface area contributed by atoms with Gasteiger partial charge in [-0.2, -0.15) is 0 Å². The van der Waals surface area contributed by atoms with Gasteiger partial charge in [0.15, 0.2) is 0 Å². The van der Waals surface area contributed by atoms with E-state index in [0.717, 1.165) is 19.3 Å². The molecule has 8 unspecified atom stereocenters. The Morgan fingerprint density at radius 2 is 2.05 bits per heavy atom. The van der Waals surface area contributed by atoms with Gasteiger partial charge in [-0.3, -0.25) is 14.4 Å². The van der Waals surface area contributed by atoms with Crippen LogP contribution in [0, 0.1) is 23.7 Å². The molecule has 2 bridgehead atoms. The summed E-state index contributed by atoms with van der Waals surface area (Å²) in [5.41, 5.74) is -0.617. The van der Waals surface area contributed by atoms with Crippen LogP contribution in [0.25, 0.3) is 0 Å². The van der Waals surface area contributed by atoms with Crippen molar-refractivity contribution in [1.82, 2.24) is 10.2 Å². The molecule has 3 amide bonds. The van der Waals surface area contributed by atoms with Gasteiger partial charge in [-0.15, -0.1) is 0 Å². The predicted octanol–water partition coefficient (Wildman–Crippen LogP) is 3.41. The lowest BCUT2D eigenvalue weighted by atomic mass is 9.73. The van der Waals surface area contributed by atoms with Crippen molar-refractivity contribution < 1.29 is 23.9 Å². The van der Waals surface area contributed by atoms with Gasteiger partial charge in [-0.1, -0.05) is 56.5 Å². The monoisotopic (exact) mass is 529 g/mol. The maximum absolute atomic E-state index is 13.9. The number of carbonyl (C=O) groups excluding carboxylic acids is 3. The normalized spacial score (nSPS) is 36.1. The number of carbonyl (C=O) groups is 3. The molecule has 8 atom stereocenters. The molecule has 1 aromatic carbocycles. The highest BCUT2D eigenvalue weighted by molar-refractivity contribution is 6.30.